The van der Waals surface area contributed by atoms with Crippen molar-refractivity contribution in [1.82, 2.24) is 14.5 Å². The molecule has 5 heteroatoms. The van der Waals surface area contributed by atoms with Crippen LogP contribution in [0.1, 0.15) is 11.4 Å². The van der Waals surface area contributed by atoms with Crippen LogP contribution in [0, 0.1) is 13.8 Å². The van der Waals surface area contributed by atoms with E-state index in [1.165, 1.54) is 0 Å². The summed E-state index contributed by atoms with van der Waals surface area (Å²) in [5.74, 6) is 0.582. The van der Waals surface area contributed by atoms with Gasteiger partial charge in [-0.05, 0) is 32.0 Å². The Balaban J connectivity index is 2.60. The van der Waals surface area contributed by atoms with Crippen molar-refractivity contribution in [2.45, 2.75) is 13.8 Å². The average molecular weight is 255 g/mol. The number of pyridine rings is 1. The van der Waals surface area contributed by atoms with Crippen molar-refractivity contribution in [1.29, 1.82) is 0 Å². The molecule has 19 heavy (non-hydrogen) atoms. The molecule has 0 fully saturated rings. The van der Waals surface area contributed by atoms with Gasteiger partial charge in [0, 0.05) is 18.0 Å². The molecule has 0 aliphatic carbocycles. The quantitative estimate of drug-likeness (QED) is 0.617. The third kappa shape index (κ3) is 1.66. The second-order valence-electron chi connectivity index (χ2n) is 4.77. The average Bonchev–Trinajstić information content (AvgIpc) is 2.34. The largest absolute Gasteiger partial charge is 0.311 e. The number of fused-ring (bicyclic) bond motifs is 2. The van der Waals surface area contributed by atoms with Crippen molar-refractivity contribution in [3.05, 3.63) is 50.3 Å². The SMILES string of the molecule is Cc1nc2cc3cc(C)c(=O)n(C)c3cc2c(=O)[nH]1. The van der Waals surface area contributed by atoms with Crippen LogP contribution in [0.4, 0.5) is 0 Å². The summed E-state index contributed by atoms with van der Waals surface area (Å²) in [4.78, 5) is 30.8. The number of aromatic nitrogens is 3. The Labute approximate surface area is 108 Å². The van der Waals surface area contributed by atoms with Gasteiger partial charge in [-0.25, -0.2) is 4.98 Å². The van der Waals surface area contributed by atoms with E-state index in [0.29, 0.717) is 22.3 Å². The Hall–Kier alpha value is -2.43. The van der Waals surface area contributed by atoms with Crippen LogP contribution >= 0.6 is 0 Å². The third-order valence-electron chi connectivity index (χ3n) is 3.35. The second kappa shape index (κ2) is 3.78. The van der Waals surface area contributed by atoms with Crippen LogP contribution in [0.2, 0.25) is 0 Å². The van der Waals surface area contributed by atoms with Gasteiger partial charge in [-0.15, -0.1) is 0 Å². The van der Waals surface area contributed by atoms with Crippen molar-refractivity contribution in [3.8, 4) is 0 Å². The summed E-state index contributed by atoms with van der Waals surface area (Å²) in [6.45, 7) is 3.53. The van der Waals surface area contributed by atoms with E-state index in [1.807, 2.05) is 12.1 Å². The Morgan fingerprint density at radius 1 is 1.16 bits per heavy atom. The lowest BCUT2D eigenvalue weighted by molar-refractivity contribution is 0.894. The predicted octanol–water partition coefficient (Wildman–Crippen LogP) is 1.39. The lowest BCUT2D eigenvalue weighted by Gasteiger charge is -2.08. The van der Waals surface area contributed by atoms with Crippen molar-refractivity contribution >= 4 is 21.8 Å². The number of H-pyrrole nitrogens is 1. The van der Waals surface area contributed by atoms with E-state index in [2.05, 4.69) is 9.97 Å². The van der Waals surface area contributed by atoms with Gasteiger partial charge in [0.1, 0.15) is 5.82 Å². The van der Waals surface area contributed by atoms with E-state index >= 15 is 0 Å². The molecule has 3 rings (SSSR count). The minimum atomic E-state index is -0.183. The monoisotopic (exact) mass is 255 g/mol. The van der Waals surface area contributed by atoms with Crippen LogP contribution < -0.4 is 11.1 Å². The highest BCUT2D eigenvalue weighted by molar-refractivity contribution is 5.94. The molecule has 1 N–H and O–H groups in total. The zero-order valence-corrected chi connectivity index (χ0v) is 10.9. The molecule has 5 nitrogen and oxygen atoms in total. The molecule has 96 valence electrons. The molecule has 2 aromatic heterocycles. The van der Waals surface area contributed by atoms with Gasteiger partial charge in [0.25, 0.3) is 11.1 Å². The number of hydrogen-bond donors (Lipinski definition) is 1. The van der Waals surface area contributed by atoms with E-state index in [0.717, 1.165) is 10.9 Å². The Bertz CT molecular complexity index is 935. The smallest absolute Gasteiger partial charge is 0.258 e. The molecule has 0 saturated heterocycles. The summed E-state index contributed by atoms with van der Waals surface area (Å²) in [7, 11) is 1.71. The normalized spacial score (nSPS) is 11.3. The fourth-order valence-electron chi connectivity index (χ4n) is 2.38. The van der Waals surface area contributed by atoms with Gasteiger partial charge in [0.2, 0.25) is 0 Å². The number of rotatable bonds is 0. The van der Waals surface area contributed by atoms with Crippen LogP contribution in [0.3, 0.4) is 0 Å². The molecule has 0 amide bonds. The topological polar surface area (TPSA) is 67.8 Å². The lowest BCUT2D eigenvalue weighted by Crippen LogP contribution is -2.19. The van der Waals surface area contributed by atoms with E-state index in [1.54, 1.807) is 31.5 Å². The first-order valence-electron chi connectivity index (χ1n) is 5.98. The zero-order chi connectivity index (χ0) is 13.7. The first-order chi connectivity index (χ1) is 8.97. The first kappa shape index (κ1) is 11.6. The standard InChI is InChI=1S/C14H13N3O2/c1-7-4-9-5-11-10(13(18)16-8(2)15-11)6-12(9)17(3)14(7)19/h4-6H,1-3H3,(H,15,16,18). The van der Waals surface area contributed by atoms with E-state index < -0.39 is 0 Å². The first-order valence-corrected chi connectivity index (χ1v) is 5.98. The molecule has 0 saturated carbocycles. The molecule has 0 spiro atoms. The van der Waals surface area contributed by atoms with Crippen LogP contribution in [-0.2, 0) is 7.05 Å². The minimum Gasteiger partial charge on any atom is -0.311 e. The maximum Gasteiger partial charge on any atom is 0.258 e. The Kier molecular flexibility index (Phi) is 2.32. The van der Waals surface area contributed by atoms with Crippen LogP contribution in [-0.4, -0.2) is 14.5 Å². The van der Waals surface area contributed by atoms with Gasteiger partial charge in [0.05, 0.1) is 16.4 Å². The van der Waals surface area contributed by atoms with Crippen LogP contribution in [0.15, 0.2) is 27.8 Å². The molecule has 1 aromatic carbocycles. The summed E-state index contributed by atoms with van der Waals surface area (Å²) >= 11 is 0. The molecule has 3 aromatic rings. The summed E-state index contributed by atoms with van der Waals surface area (Å²) in [5.41, 5.74) is 1.82. The van der Waals surface area contributed by atoms with Gasteiger partial charge in [-0.2, -0.15) is 0 Å². The van der Waals surface area contributed by atoms with Crippen LogP contribution in [0.5, 0.6) is 0 Å². The lowest BCUT2D eigenvalue weighted by atomic mass is 10.1. The highest BCUT2D eigenvalue weighted by atomic mass is 16.1. The molecule has 2 heterocycles. The predicted molar refractivity (Wildman–Crippen MR) is 74.6 cm³/mol. The van der Waals surface area contributed by atoms with Crippen molar-refractivity contribution in [2.75, 3.05) is 0 Å². The van der Waals surface area contributed by atoms with Gasteiger partial charge < -0.3 is 9.55 Å². The minimum absolute atomic E-state index is 0.0525. The van der Waals surface area contributed by atoms with E-state index in [-0.39, 0.29) is 11.1 Å². The maximum absolute atomic E-state index is 11.9. The molecule has 0 aliphatic heterocycles. The summed E-state index contributed by atoms with van der Waals surface area (Å²) in [6, 6.07) is 5.39. The Morgan fingerprint density at radius 2 is 1.89 bits per heavy atom. The summed E-state index contributed by atoms with van der Waals surface area (Å²) < 4.78 is 1.56. The van der Waals surface area contributed by atoms with E-state index in [9.17, 15) is 9.59 Å². The Morgan fingerprint density at radius 3 is 2.63 bits per heavy atom. The summed E-state index contributed by atoms with van der Waals surface area (Å²) in [5, 5.41) is 1.40. The molecule has 0 unspecified atom stereocenters. The molecule has 0 atom stereocenters. The fraction of sp³-hybridized carbons (Fsp3) is 0.214. The number of aromatic amines is 1. The number of nitrogens with one attached hydrogen (secondary N) is 1. The van der Waals surface area contributed by atoms with Crippen molar-refractivity contribution < 1.29 is 0 Å². The van der Waals surface area contributed by atoms with E-state index in [4.69, 9.17) is 0 Å². The maximum atomic E-state index is 11.9. The molecule has 0 bridgehead atoms. The molecular weight excluding hydrogens is 242 g/mol. The molecule has 0 aliphatic rings. The number of benzene rings is 1. The summed E-state index contributed by atoms with van der Waals surface area (Å²) in [6.07, 6.45) is 0. The second-order valence-corrected chi connectivity index (χ2v) is 4.77. The highest BCUT2D eigenvalue weighted by Crippen LogP contribution is 2.18. The number of hydrogen-bond acceptors (Lipinski definition) is 3. The fourth-order valence-corrected chi connectivity index (χ4v) is 2.38. The van der Waals surface area contributed by atoms with Gasteiger partial charge in [0.15, 0.2) is 0 Å². The molecule has 0 radical (unpaired) electrons. The third-order valence-corrected chi connectivity index (χ3v) is 3.35. The highest BCUT2D eigenvalue weighted by Gasteiger charge is 2.08. The van der Waals surface area contributed by atoms with Crippen molar-refractivity contribution in [3.63, 3.8) is 0 Å². The number of nitrogens with zero attached hydrogens (tertiary/aromatic N) is 2. The van der Waals surface area contributed by atoms with Gasteiger partial charge in [-0.3, -0.25) is 9.59 Å². The van der Waals surface area contributed by atoms with Gasteiger partial charge >= 0.3 is 0 Å². The number of aryl methyl sites for hydroxylation is 3. The van der Waals surface area contributed by atoms with Crippen molar-refractivity contribution in [2.24, 2.45) is 7.05 Å². The van der Waals surface area contributed by atoms with Gasteiger partial charge in [-0.1, -0.05) is 0 Å². The molecular formula is C14H13N3O2. The van der Waals surface area contributed by atoms with Crippen LogP contribution in [0.25, 0.3) is 21.8 Å². The zero-order valence-electron chi connectivity index (χ0n) is 10.9.